The van der Waals surface area contributed by atoms with E-state index in [0.29, 0.717) is 5.92 Å². The van der Waals surface area contributed by atoms with E-state index in [4.69, 9.17) is 0 Å². The van der Waals surface area contributed by atoms with Gasteiger partial charge in [0.25, 0.3) is 0 Å². The summed E-state index contributed by atoms with van der Waals surface area (Å²) in [4.78, 5) is 0. The fraction of sp³-hybridized carbons (Fsp3) is 0.636. The summed E-state index contributed by atoms with van der Waals surface area (Å²) in [6, 6.07) is 0. The van der Waals surface area contributed by atoms with Gasteiger partial charge in [-0.1, -0.05) is 44.1 Å². The molecule has 0 saturated carbocycles. The van der Waals surface area contributed by atoms with Gasteiger partial charge in [-0.15, -0.1) is 0 Å². The van der Waals surface area contributed by atoms with Crippen LogP contribution in [0.1, 0.15) is 34.1 Å². The monoisotopic (exact) mass is 150 g/mol. The lowest BCUT2D eigenvalue weighted by Crippen LogP contribution is -2.08. The van der Waals surface area contributed by atoms with Crippen molar-refractivity contribution in [1.29, 1.82) is 0 Å². The van der Waals surface area contributed by atoms with Crippen molar-refractivity contribution in [2.45, 2.75) is 34.1 Å². The fourth-order valence-electron chi connectivity index (χ4n) is 1.83. The number of rotatable bonds is 1. The molecule has 0 radical (unpaired) electrons. The van der Waals surface area contributed by atoms with E-state index in [9.17, 15) is 0 Å². The number of hydrogen-bond donors (Lipinski definition) is 0. The fourth-order valence-corrected chi connectivity index (χ4v) is 1.83. The van der Waals surface area contributed by atoms with Crippen molar-refractivity contribution in [2.75, 3.05) is 0 Å². The smallest absolute Gasteiger partial charge is 0.0189 e. The van der Waals surface area contributed by atoms with Crippen molar-refractivity contribution in [2.24, 2.45) is 11.8 Å². The van der Waals surface area contributed by atoms with Gasteiger partial charge in [0.1, 0.15) is 0 Å². The molecule has 0 fully saturated rings. The molecule has 0 aliphatic heterocycles. The molecule has 1 aliphatic rings. The molecule has 1 atom stereocenters. The SMILES string of the molecule is CC1=CC=C(C(C)C)[C@H](C)C1. The molecule has 0 saturated heterocycles. The van der Waals surface area contributed by atoms with Gasteiger partial charge in [-0.25, -0.2) is 0 Å². The zero-order chi connectivity index (χ0) is 8.43. The van der Waals surface area contributed by atoms with Gasteiger partial charge in [0.15, 0.2) is 0 Å². The maximum Gasteiger partial charge on any atom is -0.0189 e. The molecule has 0 bridgehead atoms. The summed E-state index contributed by atoms with van der Waals surface area (Å²) >= 11 is 0. The topological polar surface area (TPSA) is 0 Å². The van der Waals surface area contributed by atoms with Crippen molar-refractivity contribution in [3.8, 4) is 0 Å². The van der Waals surface area contributed by atoms with Gasteiger partial charge in [0.05, 0.1) is 0 Å². The van der Waals surface area contributed by atoms with E-state index in [2.05, 4.69) is 39.8 Å². The van der Waals surface area contributed by atoms with Crippen LogP contribution in [-0.4, -0.2) is 0 Å². The Bertz CT molecular complexity index is 194. The third kappa shape index (κ3) is 1.95. The second-order valence-corrected chi connectivity index (χ2v) is 3.94. The molecule has 0 nitrogen and oxygen atoms in total. The minimum absolute atomic E-state index is 0.717. The van der Waals surface area contributed by atoms with Gasteiger partial charge >= 0.3 is 0 Å². The predicted molar refractivity (Wildman–Crippen MR) is 50.5 cm³/mol. The molecule has 0 amide bonds. The lowest BCUT2D eigenvalue weighted by atomic mass is 9.83. The molecular formula is C11H18. The summed E-state index contributed by atoms with van der Waals surface area (Å²) in [7, 11) is 0. The second-order valence-electron chi connectivity index (χ2n) is 3.94. The summed E-state index contributed by atoms with van der Waals surface area (Å²) in [5, 5.41) is 0. The zero-order valence-corrected chi connectivity index (χ0v) is 8.02. The Hall–Kier alpha value is -0.520. The minimum atomic E-state index is 0.717. The van der Waals surface area contributed by atoms with Crippen LogP contribution in [0, 0.1) is 11.8 Å². The first-order chi connectivity index (χ1) is 5.11. The zero-order valence-electron chi connectivity index (χ0n) is 8.02. The maximum absolute atomic E-state index is 2.32. The Balaban J connectivity index is 2.78. The molecule has 0 aromatic heterocycles. The Morgan fingerprint density at radius 3 is 2.45 bits per heavy atom. The summed E-state index contributed by atoms with van der Waals surface area (Å²) in [6.07, 6.45) is 5.81. The highest BCUT2D eigenvalue weighted by atomic mass is 14.2. The van der Waals surface area contributed by atoms with Gasteiger partial charge < -0.3 is 0 Å². The first-order valence-electron chi connectivity index (χ1n) is 4.48. The highest BCUT2D eigenvalue weighted by Crippen LogP contribution is 2.29. The average molecular weight is 150 g/mol. The molecule has 0 aromatic rings. The lowest BCUT2D eigenvalue weighted by molar-refractivity contribution is 0.571. The lowest BCUT2D eigenvalue weighted by Gasteiger charge is -2.22. The Labute approximate surface area is 70.0 Å². The standard InChI is InChI=1S/C11H18/c1-8(2)11-6-5-9(3)7-10(11)4/h5-6,8,10H,7H2,1-4H3/t10-/m1/s1. The summed E-state index contributed by atoms with van der Waals surface area (Å²) in [6.45, 7) is 9.08. The van der Waals surface area contributed by atoms with Crippen LogP contribution in [0.15, 0.2) is 23.3 Å². The normalized spacial score (nSPS) is 25.0. The van der Waals surface area contributed by atoms with E-state index in [0.717, 1.165) is 5.92 Å². The van der Waals surface area contributed by atoms with Gasteiger partial charge in [-0.3, -0.25) is 0 Å². The molecule has 0 heterocycles. The summed E-state index contributed by atoms with van der Waals surface area (Å²) < 4.78 is 0. The van der Waals surface area contributed by atoms with Crippen molar-refractivity contribution >= 4 is 0 Å². The third-order valence-electron chi connectivity index (χ3n) is 2.42. The van der Waals surface area contributed by atoms with Crippen LogP contribution in [0.2, 0.25) is 0 Å². The molecule has 0 heteroatoms. The molecule has 0 unspecified atom stereocenters. The van der Waals surface area contributed by atoms with Gasteiger partial charge in [0.2, 0.25) is 0 Å². The predicted octanol–water partition coefficient (Wildman–Crippen LogP) is 3.55. The van der Waals surface area contributed by atoms with Crippen molar-refractivity contribution in [3.63, 3.8) is 0 Å². The van der Waals surface area contributed by atoms with Gasteiger partial charge in [-0.2, -0.15) is 0 Å². The summed E-state index contributed by atoms with van der Waals surface area (Å²) in [5.74, 6) is 1.48. The summed E-state index contributed by atoms with van der Waals surface area (Å²) in [5.41, 5.74) is 3.12. The molecular weight excluding hydrogens is 132 g/mol. The van der Waals surface area contributed by atoms with E-state index in [1.807, 2.05) is 0 Å². The molecule has 62 valence electrons. The van der Waals surface area contributed by atoms with Crippen LogP contribution in [0.5, 0.6) is 0 Å². The molecule has 0 spiro atoms. The van der Waals surface area contributed by atoms with E-state index in [1.165, 1.54) is 12.0 Å². The van der Waals surface area contributed by atoms with E-state index in [-0.39, 0.29) is 0 Å². The third-order valence-corrected chi connectivity index (χ3v) is 2.42. The maximum atomic E-state index is 2.32. The Kier molecular flexibility index (Phi) is 2.53. The van der Waals surface area contributed by atoms with E-state index in [1.54, 1.807) is 5.57 Å². The van der Waals surface area contributed by atoms with Crippen molar-refractivity contribution in [1.82, 2.24) is 0 Å². The highest BCUT2D eigenvalue weighted by molar-refractivity contribution is 5.25. The van der Waals surface area contributed by atoms with Crippen LogP contribution in [0.25, 0.3) is 0 Å². The molecule has 11 heavy (non-hydrogen) atoms. The minimum Gasteiger partial charge on any atom is -0.0727 e. The number of hydrogen-bond acceptors (Lipinski definition) is 0. The van der Waals surface area contributed by atoms with E-state index >= 15 is 0 Å². The number of allylic oxidation sites excluding steroid dienone is 4. The van der Waals surface area contributed by atoms with Crippen LogP contribution < -0.4 is 0 Å². The first kappa shape index (κ1) is 8.58. The van der Waals surface area contributed by atoms with Crippen LogP contribution in [-0.2, 0) is 0 Å². The largest absolute Gasteiger partial charge is 0.0727 e. The van der Waals surface area contributed by atoms with Crippen LogP contribution in [0.4, 0.5) is 0 Å². The van der Waals surface area contributed by atoms with Gasteiger partial charge in [-0.05, 0) is 25.2 Å². The second kappa shape index (κ2) is 3.25. The van der Waals surface area contributed by atoms with Crippen LogP contribution >= 0.6 is 0 Å². The molecule has 1 aliphatic carbocycles. The Morgan fingerprint density at radius 1 is 1.36 bits per heavy atom. The van der Waals surface area contributed by atoms with Crippen LogP contribution in [0.3, 0.4) is 0 Å². The molecule has 0 aromatic carbocycles. The highest BCUT2D eigenvalue weighted by Gasteiger charge is 2.14. The van der Waals surface area contributed by atoms with Crippen molar-refractivity contribution < 1.29 is 0 Å². The molecule has 1 rings (SSSR count). The molecule has 0 N–H and O–H groups in total. The Morgan fingerprint density at radius 2 is 2.00 bits per heavy atom. The van der Waals surface area contributed by atoms with E-state index < -0.39 is 0 Å². The van der Waals surface area contributed by atoms with Gasteiger partial charge in [0, 0.05) is 0 Å². The first-order valence-corrected chi connectivity index (χ1v) is 4.48. The average Bonchev–Trinajstić information content (AvgIpc) is 1.85. The van der Waals surface area contributed by atoms with Crippen molar-refractivity contribution in [3.05, 3.63) is 23.3 Å². The quantitative estimate of drug-likeness (QED) is 0.536.